The van der Waals surface area contributed by atoms with Crippen molar-refractivity contribution >= 4 is 31.2 Å². The summed E-state index contributed by atoms with van der Waals surface area (Å²) in [5, 5.41) is 0. The molecule has 3 unspecified atom stereocenters. The molecule has 0 aliphatic heterocycles. The Morgan fingerprint density at radius 2 is 1.50 bits per heavy atom. The van der Waals surface area contributed by atoms with Crippen LogP contribution in [0.4, 0.5) is 0 Å². The van der Waals surface area contributed by atoms with Crippen molar-refractivity contribution in [2.45, 2.75) is 57.2 Å². The molecule has 0 spiro atoms. The third kappa shape index (κ3) is 8.12. The minimum Gasteiger partial charge on any atom is -0.726 e. The third-order valence-electron chi connectivity index (χ3n) is 7.27. The minimum absolute atomic E-state index is 0. The summed E-state index contributed by atoms with van der Waals surface area (Å²) in [6, 6.07) is 4.55. The molecular formula is C18H21Na3O12S3. The van der Waals surface area contributed by atoms with Crippen molar-refractivity contribution in [2.75, 3.05) is 0 Å². The van der Waals surface area contributed by atoms with E-state index in [2.05, 4.69) is 8.37 Å². The summed E-state index contributed by atoms with van der Waals surface area (Å²) < 4.78 is 114. The fourth-order valence-corrected chi connectivity index (χ4v) is 7.63. The molecule has 3 aliphatic rings. The van der Waals surface area contributed by atoms with Crippen LogP contribution < -0.4 is 92.9 Å². The first-order valence-corrected chi connectivity index (χ1v) is 14.1. The van der Waals surface area contributed by atoms with Crippen molar-refractivity contribution in [1.29, 1.82) is 0 Å². The molecule has 0 N–H and O–H groups in total. The standard InChI is InChI=1S/C18H24O12S3.3Na/c1-18-7-6-13-12-5-3-11(28-31(19,20)21)8-10(12)2-4-14(13)15(18)9-16(29-32(22,23)24)17(18)30-33(25,26)27;;;/h3,5,8,13-17H,2,4,6-7,9H2,1H3,(H,19,20,21)(H,22,23,24)(H,25,26,27);;;/q;3*+1/p-3/t13?,14?,15?,16-,17+,18+;;;/m1.../s1. The summed E-state index contributed by atoms with van der Waals surface area (Å²) in [7, 11) is -15.3. The van der Waals surface area contributed by atoms with Gasteiger partial charge >= 0.3 is 88.7 Å². The van der Waals surface area contributed by atoms with Gasteiger partial charge in [0.1, 0.15) is 18.0 Å². The molecule has 1 aromatic carbocycles. The summed E-state index contributed by atoms with van der Waals surface area (Å²) >= 11 is 0. The molecule has 186 valence electrons. The van der Waals surface area contributed by atoms with Crippen LogP contribution in [0.3, 0.4) is 0 Å². The van der Waals surface area contributed by atoms with E-state index in [4.69, 9.17) is 4.18 Å². The predicted molar refractivity (Wildman–Crippen MR) is 106 cm³/mol. The molecule has 36 heavy (non-hydrogen) atoms. The number of aryl methyl sites for hydroxylation is 1. The van der Waals surface area contributed by atoms with Crippen molar-refractivity contribution in [1.82, 2.24) is 0 Å². The zero-order valence-electron chi connectivity index (χ0n) is 20.3. The Labute approximate surface area is 277 Å². The molecule has 3 aliphatic carbocycles. The normalized spacial score (nSPS) is 31.4. The van der Waals surface area contributed by atoms with Crippen LogP contribution in [0.1, 0.15) is 49.7 Å². The van der Waals surface area contributed by atoms with E-state index < -0.39 is 48.8 Å². The van der Waals surface area contributed by atoms with Gasteiger partial charge in [-0.25, -0.2) is 25.3 Å². The van der Waals surface area contributed by atoms with Gasteiger partial charge in [0.2, 0.25) is 20.8 Å². The number of fused-ring (bicyclic) bond motifs is 5. The summed E-state index contributed by atoms with van der Waals surface area (Å²) in [5.74, 6) is -0.487. The van der Waals surface area contributed by atoms with Crippen LogP contribution in [0.2, 0.25) is 0 Å². The average Bonchev–Trinajstić information content (AvgIpc) is 2.89. The first kappa shape index (κ1) is 35.7. The predicted octanol–water partition coefficient (Wildman–Crippen LogP) is -8.31. The molecule has 0 heterocycles. The molecular weight excluding hydrogens is 573 g/mol. The monoisotopic (exact) mass is 594 g/mol. The number of hydrogen-bond acceptors (Lipinski definition) is 12. The molecule has 12 nitrogen and oxygen atoms in total. The van der Waals surface area contributed by atoms with Crippen molar-refractivity contribution in [2.24, 2.45) is 17.3 Å². The first-order valence-electron chi connectivity index (χ1n) is 10.1. The van der Waals surface area contributed by atoms with E-state index in [0.717, 1.165) is 11.1 Å². The molecule has 4 rings (SSSR count). The molecule has 0 radical (unpaired) electrons. The Hall–Kier alpha value is 1.67. The maximum atomic E-state index is 11.4. The van der Waals surface area contributed by atoms with Gasteiger partial charge in [-0.05, 0) is 73.1 Å². The Morgan fingerprint density at radius 3 is 2.06 bits per heavy atom. The van der Waals surface area contributed by atoms with Crippen molar-refractivity contribution in [3.63, 3.8) is 0 Å². The van der Waals surface area contributed by atoms with E-state index >= 15 is 0 Å². The van der Waals surface area contributed by atoms with E-state index in [1.165, 1.54) is 12.1 Å². The topological polar surface area (TPSA) is 199 Å². The average molecular weight is 595 g/mol. The van der Waals surface area contributed by atoms with Gasteiger partial charge in [-0.15, -0.1) is 0 Å². The number of rotatable bonds is 6. The zero-order chi connectivity index (χ0) is 24.4. The zero-order valence-corrected chi connectivity index (χ0v) is 28.7. The molecule has 2 fully saturated rings. The third-order valence-corrected chi connectivity index (χ3v) is 8.59. The second-order valence-electron chi connectivity index (χ2n) is 9.02. The van der Waals surface area contributed by atoms with E-state index in [1.54, 1.807) is 13.0 Å². The Morgan fingerprint density at radius 1 is 0.889 bits per heavy atom. The molecule has 1 aromatic rings. The maximum Gasteiger partial charge on any atom is 1.00 e. The van der Waals surface area contributed by atoms with Gasteiger partial charge in [0.15, 0.2) is 0 Å². The van der Waals surface area contributed by atoms with Crippen molar-refractivity contribution in [3.8, 4) is 5.75 Å². The van der Waals surface area contributed by atoms with Gasteiger partial charge in [0, 0.05) is 5.41 Å². The maximum absolute atomic E-state index is 11.4. The summed E-state index contributed by atoms with van der Waals surface area (Å²) in [6.45, 7) is 1.70. The Bertz CT molecular complexity index is 1270. The van der Waals surface area contributed by atoms with Gasteiger partial charge in [0.05, 0.1) is 0 Å². The largest absolute Gasteiger partial charge is 1.00 e. The van der Waals surface area contributed by atoms with Crippen LogP contribution in [0.25, 0.3) is 0 Å². The smallest absolute Gasteiger partial charge is 0.726 e. The van der Waals surface area contributed by atoms with Crippen molar-refractivity contribution < 1.29 is 140 Å². The SMILES string of the molecule is C[C@]12CCC3c4ccc(OS(=O)(=O)[O-])cc4CCC3C1C[C@@H](OS(=O)(=O)[O-])[C@@H]2OS(=O)(=O)[O-].[Na+].[Na+].[Na+]. The second-order valence-corrected chi connectivity index (χ2v) is 12.0. The molecule has 0 amide bonds. The van der Waals surface area contributed by atoms with Crippen LogP contribution >= 0.6 is 0 Å². The fourth-order valence-electron chi connectivity index (χ4n) is 6.21. The Kier molecular flexibility index (Phi) is 12.6. The van der Waals surface area contributed by atoms with Crippen LogP contribution in [-0.4, -0.2) is 51.1 Å². The van der Waals surface area contributed by atoms with Crippen LogP contribution in [0.15, 0.2) is 18.2 Å². The summed E-state index contributed by atoms with van der Waals surface area (Å²) in [5.41, 5.74) is 0.799. The van der Waals surface area contributed by atoms with Crippen LogP contribution in [0, 0.1) is 17.3 Å². The summed E-state index contributed by atoms with van der Waals surface area (Å²) in [4.78, 5) is 0. The number of hydrogen-bond donors (Lipinski definition) is 0. The van der Waals surface area contributed by atoms with E-state index in [1.807, 2.05) is 0 Å². The first-order chi connectivity index (χ1) is 15.1. The molecule has 18 heteroatoms. The van der Waals surface area contributed by atoms with Crippen LogP contribution in [-0.2, 0) is 46.0 Å². The number of benzene rings is 1. The van der Waals surface area contributed by atoms with Crippen LogP contribution in [0.5, 0.6) is 5.75 Å². The van der Waals surface area contributed by atoms with Crippen molar-refractivity contribution in [3.05, 3.63) is 29.3 Å². The minimum atomic E-state index is -5.20. The van der Waals surface area contributed by atoms with E-state index in [0.29, 0.717) is 25.7 Å². The van der Waals surface area contributed by atoms with Gasteiger partial charge in [0.25, 0.3) is 10.4 Å². The van der Waals surface area contributed by atoms with Gasteiger partial charge < -0.3 is 17.8 Å². The molecule has 0 bridgehead atoms. The van der Waals surface area contributed by atoms with E-state index in [-0.39, 0.29) is 119 Å². The van der Waals surface area contributed by atoms with Gasteiger partial charge in [-0.3, -0.25) is 8.37 Å². The van der Waals surface area contributed by atoms with E-state index in [9.17, 15) is 38.9 Å². The van der Waals surface area contributed by atoms with Gasteiger partial charge in [-0.1, -0.05) is 13.0 Å². The quantitative estimate of drug-likeness (QED) is 0.171. The Balaban J connectivity index is 0.00000216. The molecule has 0 saturated heterocycles. The summed E-state index contributed by atoms with van der Waals surface area (Å²) in [6.07, 6.45) is -0.831. The second kappa shape index (κ2) is 12.7. The molecule has 6 atom stereocenters. The fraction of sp³-hybridized carbons (Fsp3) is 0.667. The van der Waals surface area contributed by atoms with Gasteiger partial charge in [-0.2, -0.15) is 0 Å². The molecule has 2 saturated carbocycles. The molecule has 0 aromatic heterocycles.